The highest BCUT2D eigenvalue weighted by Crippen LogP contribution is 2.48. The lowest BCUT2D eigenvalue weighted by atomic mass is 9.67. The molecule has 0 amide bonds. The van der Waals surface area contributed by atoms with Gasteiger partial charge in [0.2, 0.25) is 0 Å². The monoisotopic (exact) mass is 179 g/mol. The van der Waals surface area contributed by atoms with E-state index in [0.29, 0.717) is 0 Å². The molecule has 2 rings (SSSR count). The summed E-state index contributed by atoms with van der Waals surface area (Å²) in [4.78, 5) is 11.3. The Morgan fingerprint density at radius 2 is 2.31 bits per heavy atom. The molecule has 1 aliphatic carbocycles. The van der Waals surface area contributed by atoms with E-state index in [2.05, 4.69) is 19.9 Å². The number of nitriles is 1. The molecule has 2 aliphatic rings. The van der Waals surface area contributed by atoms with Crippen LogP contribution in [0, 0.1) is 28.6 Å². The molecule has 3 unspecified atom stereocenters. The molecule has 0 N–H and O–H groups in total. The quantitative estimate of drug-likeness (QED) is 0.529. The number of hydrogen-bond acceptors (Lipinski definition) is 3. The first-order valence-electron chi connectivity index (χ1n) is 4.65. The van der Waals surface area contributed by atoms with Crippen molar-refractivity contribution in [1.29, 1.82) is 5.26 Å². The van der Waals surface area contributed by atoms with Crippen molar-refractivity contribution in [2.45, 2.75) is 32.8 Å². The lowest BCUT2D eigenvalue weighted by Crippen LogP contribution is -2.36. The number of carbonyl (C=O) groups excluding carboxylic acids is 1. The summed E-state index contributed by atoms with van der Waals surface area (Å²) in [6, 6.07) is 2.22. The van der Waals surface area contributed by atoms with E-state index in [-0.39, 0.29) is 29.3 Å². The number of ether oxygens (including phenoxy) is 1. The molecular weight excluding hydrogens is 166 g/mol. The first-order chi connectivity index (χ1) is 6.04. The molecule has 70 valence electrons. The van der Waals surface area contributed by atoms with E-state index < -0.39 is 0 Å². The zero-order chi connectivity index (χ0) is 9.64. The molecule has 13 heavy (non-hydrogen) atoms. The molecule has 2 fully saturated rings. The van der Waals surface area contributed by atoms with Crippen molar-refractivity contribution in [2.24, 2.45) is 17.3 Å². The molecule has 1 aliphatic heterocycles. The molecular formula is C10H13NO2. The summed E-state index contributed by atoms with van der Waals surface area (Å²) >= 11 is 0. The van der Waals surface area contributed by atoms with E-state index in [1.165, 1.54) is 0 Å². The number of rotatable bonds is 0. The fraction of sp³-hybridized carbons (Fsp3) is 0.800. The molecule has 1 saturated carbocycles. The van der Waals surface area contributed by atoms with Crippen LogP contribution < -0.4 is 0 Å². The van der Waals surface area contributed by atoms with Crippen molar-refractivity contribution in [2.75, 3.05) is 0 Å². The molecule has 1 heterocycles. The van der Waals surface area contributed by atoms with Gasteiger partial charge in [-0.25, -0.2) is 0 Å². The summed E-state index contributed by atoms with van der Waals surface area (Å²) in [5.74, 6) is -0.452. The van der Waals surface area contributed by atoms with Gasteiger partial charge in [-0.2, -0.15) is 5.26 Å². The van der Waals surface area contributed by atoms with Gasteiger partial charge in [0.05, 0.1) is 17.9 Å². The van der Waals surface area contributed by atoms with E-state index in [1.54, 1.807) is 0 Å². The third-order valence-corrected chi connectivity index (χ3v) is 3.30. The van der Waals surface area contributed by atoms with E-state index in [0.717, 1.165) is 12.8 Å². The van der Waals surface area contributed by atoms with E-state index in [4.69, 9.17) is 10.00 Å². The van der Waals surface area contributed by atoms with Crippen LogP contribution in [-0.4, -0.2) is 12.1 Å². The second kappa shape index (κ2) is 2.47. The molecule has 3 heteroatoms. The highest BCUT2D eigenvalue weighted by Gasteiger charge is 2.52. The predicted octanol–water partition coefficient (Wildman–Crippen LogP) is 1.49. The Bertz CT molecular complexity index is 290. The third kappa shape index (κ3) is 1.13. The molecule has 3 nitrogen and oxygen atoms in total. The maximum Gasteiger partial charge on any atom is 0.310 e. The summed E-state index contributed by atoms with van der Waals surface area (Å²) in [5, 5.41) is 8.90. The Kier molecular flexibility index (Phi) is 1.63. The molecule has 3 atom stereocenters. The van der Waals surface area contributed by atoms with Gasteiger partial charge >= 0.3 is 5.97 Å². The Hall–Kier alpha value is -1.04. The SMILES string of the molecule is CC1(C)CC(C#N)C2CC1OC2=O. The second-order valence-electron chi connectivity index (χ2n) is 4.70. The van der Waals surface area contributed by atoms with Gasteiger partial charge in [0, 0.05) is 5.41 Å². The van der Waals surface area contributed by atoms with Crippen molar-refractivity contribution >= 4 is 5.97 Å². The molecule has 0 radical (unpaired) electrons. The summed E-state index contributed by atoms with van der Waals surface area (Å²) in [5.41, 5.74) is -0.0247. The molecule has 1 saturated heterocycles. The fourth-order valence-corrected chi connectivity index (χ4v) is 2.39. The Labute approximate surface area is 77.7 Å². The van der Waals surface area contributed by atoms with Crippen molar-refractivity contribution in [3.63, 3.8) is 0 Å². The topological polar surface area (TPSA) is 50.1 Å². The van der Waals surface area contributed by atoms with Crippen LogP contribution in [0.2, 0.25) is 0 Å². The van der Waals surface area contributed by atoms with Crippen LogP contribution in [-0.2, 0) is 9.53 Å². The normalized spacial score (nSPS) is 41.0. The van der Waals surface area contributed by atoms with Crippen molar-refractivity contribution in [1.82, 2.24) is 0 Å². The average Bonchev–Trinajstić information content (AvgIpc) is 2.40. The minimum Gasteiger partial charge on any atom is -0.462 e. The number of carbonyl (C=O) groups is 1. The highest BCUT2D eigenvalue weighted by molar-refractivity contribution is 5.76. The molecule has 0 aromatic carbocycles. The summed E-state index contributed by atoms with van der Waals surface area (Å²) in [7, 11) is 0. The fourth-order valence-electron chi connectivity index (χ4n) is 2.39. The minimum atomic E-state index is -0.165. The van der Waals surface area contributed by atoms with Crippen LogP contribution in [0.3, 0.4) is 0 Å². The van der Waals surface area contributed by atoms with Gasteiger partial charge in [-0.05, 0) is 12.8 Å². The zero-order valence-corrected chi connectivity index (χ0v) is 7.91. The second-order valence-corrected chi connectivity index (χ2v) is 4.70. The summed E-state index contributed by atoms with van der Waals surface area (Å²) < 4.78 is 5.24. The van der Waals surface area contributed by atoms with Gasteiger partial charge < -0.3 is 4.74 Å². The van der Waals surface area contributed by atoms with Crippen LogP contribution in [0.4, 0.5) is 0 Å². The summed E-state index contributed by atoms with van der Waals surface area (Å²) in [6.45, 7) is 4.13. The molecule has 0 spiro atoms. The Morgan fingerprint density at radius 1 is 1.62 bits per heavy atom. The third-order valence-electron chi connectivity index (χ3n) is 3.30. The van der Waals surface area contributed by atoms with Crippen LogP contribution >= 0.6 is 0 Å². The lowest BCUT2D eigenvalue weighted by molar-refractivity contribution is -0.146. The van der Waals surface area contributed by atoms with Gasteiger partial charge in [0.15, 0.2) is 0 Å². The van der Waals surface area contributed by atoms with Gasteiger partial charge in [0.1, 0.15) is 6.10 Å². The van der Waals surface area contributed by atoms with Crippen LogP contribution in [0.15, 0.2) is 0 Å². The maximum absolute atomic E-state index is 11.3. The van der Waals surface area contributed by atoms with Gasteiger partial charge in [-0.15, -0.1) is 0 Å². The van der Waals surface area contributed by atoms with Crippen molar-refractivity contribution < 1.29 is 9.53 Å². The van der Waals surface area contributed by atoms with E-state index in [1.807, 2.05) is 0 Å². The first kappa shape index (κ1) is 8.55. The van der Waals surface area contributed by atoms with Gasteiger partial charge in [-0.3, -0.25) is 4.79 Å². The molecule has 0 aromatic heterocycles. The van der Waals surface area contributed by atoms with Crippen LogP contribution in [0.1, 0.15) is 26.7 Å². The Balaban J connectivity index is 2.30. The van der Waals surface area contributed by atoms with Crippen LogP contribution in [0.5, 0.6) is 0 Å². The number of hydrogen-bond donors (Lipinski definition) is 0. The van der Waals surface area contributed by atoms with Gasteiger partial charge in [0.25, 0.3) is 0 Å². The van der Waals surface area contributed by atoms with E-state index >= 15 is 0 Å². The van der Waals surface area contributed by atoms with Crippen molar-refractivity contribution in [3.8, 4) is 6.07 Å². The standard InChI is InChI=1S/C10H13NO2/c1-10(2)4-6(5-11)7-3-8(10)13-9(7)12/h6-8H,3-4H2,1-2H3. The van der Waals surface area contributed by atoms with Crippen LogP contribution in [0.25, 0.3) is 0 Å². The minimum absolute atomic E-state index is 0.0247. The smallest absolute Gasteiger partial charge is 0.310 e. The molecule has 2 bridgehead atoms. The first-order valence-corrected chi connectivity index (χ1v) is 4.65. The van der Waals surface area contributed by atoms with Crippen molar-refractivity contribution in [3.05, 3.63) is 0 Å². The largest absolute Gasteiger partial charge is 0.462 e. The zero-order valence-electron chi connectivity index (χ0n) is 7.91. The number of nitrogens with zero attached hydrogens (tertiary/aromatic N) is 1. The Morgan fingerprint density at radius 3 is 2.92 bits per heavy atom. The van der Waals surface area contributed by atoms with E-state index in [9.17, 15) is 4.79 Å². The predicted molar refractivity (Wildman–Crippen MR) is 45.5 cm³/mol. The number of esters is 1. The highest BCUT2D eigenvalue weighted by atomic mass is 16.6. The van der Waals surface area contributed by atoms with Gasteiger partial charge in [-0.1, -0.05) is 13.8 Å². The average molecular weight is 179 g/mol. The lowest BCUT2D eigenvalue weighted by Gasteiger charge is -2.35. The maximum atomic E-state index is 11.3. The summed E-state index contributed by atoms with van der Waals surface area (Å²) in [6.07, 6.45) is 1.56. The number of fused-ring (bicyclic) bond motifs is 2. The molecule has 0 aromatic rings.